The van der Waals surface area contributed by atoms with E-state index in [0.717, 1.165) is 5.69 Å². The van der Waals surface area contributed by atoms with Crippen LogP contribution in [0.5, 0.6) is 11.5 Å². The van der Waals surface area contributed by atoms with Crippen LogP contribution in [-0.2, 0) is 14.3 Å². The minimum atomic E-state index is -1.01. The first-order chi connectivity index (χ1) is 16.3. The monoisotopic (exact) mass is 467 g/mol. The van der Waals surface area contributed by atoms with Gasteiger partial charge in [-0.3, -0.25) is 19.7 Å². The molecule has 0 spiro atoms. The predicted molar refractivity (Wildman–Crippen MR) is 124 cm³/mol. The van der Waals surface area contributed by atoms with Crippen molar-refractivity contribution in [2.45, 2.75) is 26.3 Å². The molecule has 10 heteroatoms. The lowest BCUT2D eigenvalue weighted by atomic mass is 9.74. The summed E-state index contributed by atoms with van der Waals surface area (Å²) in [7, 11) is 1.24. The summed E-state index contributed by atoms with van der Waals surface area (Å²) in [6, 6.07) is 9.17. The SMILES string of the molecule is CCOc1cc([C@H]2Nc3ccccc3NC3=C2C(=O)[C@H](C(=O)OC)[C@@H](C)C3)cc([N+](=O)[O-])c1O. The van der Waals surface area contributed by atoms with Crippen LogP contribution >= 0.6 is 0 Å². The summed E-state index contributed by atoms with van der Waals surface area (Å²) in [5.74, 6) is -3.03. The zero-order valence-corrected chi connectivity index (χ0v) is 19.0. The van der Waals surface area contributed by atoms with Gasteiger partial charge in [-0.15, -0.1) is 0 Å². The summed E-state index contributed by atoms with van der Waals surface area (Å²) in [6.07, 6.45) is 0.395. The highest BCUT2D eigenvalue weighted by atomic mass is 16.6. The number of allylic oxidation sites excluding steroid dienone is 1. The van der Waals surface area contributed by atoms with Crippen molar-refractivity contribution in [1.82, 2.24) is 0 Å². The van der Waals surface area contributed by atoms with Gasteiger partial charge in [0.05, 0.1) is 36.1 Å². The van der Waals surface area contributed by atoms with Gasteiger partial charge in [-0.05, 0) is 43.0 Å². The maximum Gasteiger partial charge on any atom is 0.316 e. The van der Waals surface area contributed by atoms with Crippen LogP contribution in [0.3, 0.4) is 0 Å². The van der Waals surface area contributed by atoms with Crippen LogP contribution in [0, 0.1) is 22.0 Å². The summed E-state index contributed by atoms with van der Waals surface area (Å²) in [5.41, 5.74) is 2.10. The van der Waals surface area contributed by atoms with Crippen molar-refractivity contribution >= 4 is 28.8 Å². The zero-order valence-electron chi connectivity index (χ0n) is 19.0. The number of carbonyl (C=O) groups is 2. The number of methoxy groups -OCH3 is 1. The number of hydrogen-bond donors (Lipinski definition) is 3. The number of nitro groups is 1. The molecule has 2 aromatic rings. The number of aromatic hydroxyl groups is 1. The molecule has 1 aliphatic carbocycles. The Labute approximate surface area is 195 Å². The van der Waals surface area contributed by atoms with Crippen LogP contribution < -0.4 is 15.4 Å². The number of ether oxygens (including phenoxy) is 2. The van der Waals surface area contributed by atoms with E-state index in [1.54, 1.807) is 6.92 Å². The van der Waals surface area contributed by atoms with Gasteiger partial charge < -0.3 is 25.2 Å². The molecular formula is C24H25N3O7. The third-order valence-corrected chi connectivity index (χ3v) is 6.13. The number of Topliss-reactive ketones (excluding diaryl/α,β-unsaturated/α-hetero) is 1. The van der Waals surface area contributed by atoms with E-state index in [9.17, 15) is 24.8 Å². The van der Waals surface area contributed by atoms with Crippen molar-refractivity contribution < 1.29 is 29.1 Å². The fourth-order valence-electron chi connectivity index (χ4n) is 4.57. The van der Waals surface area contributed by atoms with E-state index in [1.807, 2.05) is 31.2 Å². The van der Waals surface area contributed by atoms with Crippen LogP contribution in [-0.4, -0.2) is 35.5 Å². The molecule has 0 unspecified atom stereocenters. The Bertz CT molecular complexity index is 1210. The molecule has 3 N–H and O–H groups in total. The van der Waals surface area contributed by atoms with Crippen LogP contribution in [0.15, 0.2) is 47.7 Å². The van der Waals surface area contributed by atoms with Gasteiger partial charge in [0, 0.05) is 17.3 Å². The maximum absolute atomic E-state index is 13.7. The first-order valence-corrected chi connectivity index (χ1v) is 10.9. The van der Waals surface area contributed by atoms with Crippen molar-refractivity contribution in [3.05, 3.63) is 63.3 Å². The average Bonchev–Trinajstić information content (AvgIpc) is 2.96. The van der Waals surface area contributed by atoms with Crippen molar-refractivity contribution in [2.24, 2.45) is 11.8 Å². The Morgan fingerprint density at radius 1 is 1.26 bits per heavy atom. The summed E-state index contributed by atoms with van der Waals surface area (Å²) < 4.78 is 10.3. The molecule has 0 aromatic heterocycles. The van der Waals surface area contributed by atoms with Crippen molar-refractivity contribution in [3.63, 3.8) is 0 Å². The van der Waals surface area contributed by atoms with Crippen molar-refractivity contribution in [1.29, 1.82) is 0 Å². The summed E-state index contributed by atoms with van der Waals surface area (Å²) in [4.78, 5) is 37.1. The van der Waals surface area contributed by atoms with Crippen LogP contribution in [0.4, 0.5) is 17.1 Å². The molecule has 3 atom stereocenters. The number of benzene rings is 2. The number of rotatable bonds is 5. The molecule has 2 aliphatic rings. The molecule has 2 aromatic carbocycles. The van der Waals surface area contributed by atoms with Gasteiger partial charge in [0.25, 0.3) is 0 Å². The Morgan fingerprint density at radius 3 is 2.62 bits per heavy atom. The third kappa shape index (κ3) is 3.91. The maximum atomic E-state index is 13.7. The molecule has 0 bridgehead atoms. The molecular weight excluding hydrogens is 442 g/mol. The predicted octanol–water partition coefficient (Wildman–Crippen LogP) is 3.93. The van der Waals surface area contributed by atoms with Gasteiger partial charge in [0.15, 0.2) is 11.5 Å². The lowest BCUT2D eigenvalue weighted by molar-refractivity contribution is -0.386. The van der Waals surface area contributed by atoms with Crippen molar-refractivity contribution in [2.75, 3.05) is 24.4 Å². The number of esters is 1. The zero-order chi connectivity index (χ0) is 24.6. The first-order valence-electron chi connectivity index (χ1n) is 10.9. The fourth-order valence-corrected chi connectivity index (χ4v) is 4.57. The highest BCUT2D eigenvalue weighted by Gasteiger charge is 2.44. The third-order valence-electron chi connectivity index (χ3n) is 6.13. The van der Waals surface area contributed by atoms with E-state index in [2.05, 4.69) is 10.6 Å². The number of para-hydroxylation sites is 2. The van der Waals surface area contributed by atoms with Crippen LogP contribution in [0.1, 0.15) is 31.9 Å². The molecule has 178 valence electrons. The number of fused-ring (bicyclic) bond motifs is 1. The van der Waals surface area contributed by atoms with E-state index in [4.69, 9.17) is 9.47 Å². The Kier molecular flexibility index (Phi) is 6.14. The highest BCUT2D eigenvalue weighted by molar-refractivity contribution is 6.11. The lowest BCUT2D eigenvalue weighted by Gasteiger charge is -2.32. The minimum absolute atomic E-state index is 0.0673. The second kappa shape index (κ2) is 9.05. The van der Waals surface area contributed by atoms with Gasteiger partial charge in [-0.2, -0.15) is 0 Å². The number of nitrogens with zero attached hydrogens (tertiary/aromatic N) is 1. The number of hydrogen-bond acceptors (Lipinski definition) is 9. The van der Waals surface area contributed by atoms with E-state index in [1.165, 1.54) is 19.2 Å². The van der Waals surface area contributed by atoms with E-state index in [0.29, 0.717) is 23.4 Å². The Morgan fingerprint density at radius 2 is 1.97 bits per heavy atom. The molecule has 0 saturated heterocycles. The lowest BCUT2D eigenvalue weighted by Crippen LogP contribution is -2.39. The number of phenolic OH excluding ortho intramolecular Hbond substituents is 1. The molecule has 0 fully saturated rings. The molecule has 4 rings (SSSR count). The Hall–Kier alpha value is -4.08. The van der Waals surface area contributed by atoms with Gasteiger partial charge in [-0.1, -0.05) is 19.1 Å². The van der Waals surface area contributed by atoms with E-state index >= 15 is 0 Å². The van der Waals surface area contributed by atoms with Gasteiger partial charge in [-0.25, -0.2) is 0 Å². The summed E-state index contributed by atoms with van der Waals surface area (Å²) >= 11 is 0. The molecule has 0 radical (unpaired) electrons. The molecule has 1 heterocycles. The highest BCUT2D eigenvalue weighted by Crippen LogP contribution is 2.46. The molecule has 10 nitrogen and oxygen atoms in total. The summed E-state index contributed by atoms with van der Waals surface area (Å²) in [5, 5.41) is 28.6. The first kappa shape index (κ1) is 23.1. The largest absolute Gasteiger partial charge is 0.500 e. The van der Waals surface area contributed by atoms with Gasteiger partial charge in [0.2, 0.25) is 5.75 Å². The molecule has 0 saturated carbocycles. The quantitative estimate of drug-likeness (QED) is 0.258. The number of phenols is 1. The number of carbonyl (C=O) groups excluding carboxylic acids is 2. The number of ketones is 1. The second-order valence-corrected chi connectivity index (χ2v) is 8.26. The van der Waals surface area contributed by atoms with E-state index < -0.39 is 40.1 Å². The molecule has 0 amide bonds. The number of nitro benzene ring substituents is 1. The molecule has 1 aliphatic heterocycles. The Balaban J connectivity index is 1.94. The number of nitrogens with one attached hydrogen (secondary N) is 2. The normalized spacial score (nSPS) is 21.4. The standard InChI is InChI=1S/C24H25N3O7/c1-4-34-18-11-13(10-17(22(18)28)27(31)32)21-20-16(25-14-7-5-6-8-15(14)26-21)9-12(2)19(23(20)29)24(30)33-3/h5-8,10-12,19,21,25-26,28H,4,9H2,1-3H3/t12-,19+,21+/m0/s1. The van der Waals surface area contributed by atoms with Crippen molar-refractivity contribution in [3.8, 4) is 11.5 Å². The van der Waals surface area contributed by atoms with E-state index in [-0.39, 0.29) is 23.8 Å². The van der Waals surface area contributed by atoms with Gasteiger partial charge in [0.1, 0.15) is 5.92 Å². The number of anilines is 2. The van der Waals surface area contributed by atoms with Crippen LogP contribution in [0.2, 0.25) is 0 Å². The topological polar surface area (TPSA) is 140 Å². The van der Waals surface area contributed by atoms with Crippen LogP contribution in [0.25, 0.3) is 0 Å². The average molecular weight is 467 g/mol. The fraction of sp³-hybridized carbons (Fsp3) is 0.333. The minimum Gasteiger partial charge on any atom is -0.500 e. The smallest absolute Gasteiger partial charge is 0.316 e. The molecule has 34 heavy (non-hydrogen) atoms. The van der Waals surface area contributed by atoms with Gasteiger partial charge >= 0.3 is 11.7 Å². The second-order valence-electron chi connectivity index (χ2n) is 8.26. The summed E-state index contributed by atoms with van der Waals surface area (Å²) in [6.45, 7) is 3.67.